The minimum Gasteiger partial charge on any atom is -0.352 e. The maximum absolute atomic E-state index is 11.9. The van der Waals surface area contributed by atoms with Crippen molar-refractivity contribution < 1.29 is 13.2 Å². The zero-order valence-electron chi connectivity index (χ0n) is 11.9. The van der Waals surface area contributed by atoms with Gasteiger partial charge in [-0.05, 0) is 33.2 Å². The summed E-state index contributed by atoms with van der Waals surface area (Å²) in [4.78, 5) is 14.1. The second-order valence-electron chi connectivity index (χ2n) is 5.58. The molecular weight excluding hydrogens is 266 g/mol. The molecule has 0 saturated carbocycles. The van der Waals surface area contributed by atoms with Gasteiger partial charge in [0.25, 0.3) is 0 Å². The zero-order valence-corrected chi connectivity index (χ0v) is 12.7. The molecule has 0 radical (unpaired) electrons. The Morgan fingerprint density at radius 3 is 2.68 bits per heavy atom. The zero-order chi connectivity index (χ0) is 14.6. The Labute approximate surface area is 115 Å². The first-order valence-electron chi connectivity index (χ1n) is 6.63. The molecule has 0 aromatic rings. The van der Waals surface area contributed by atoms with Gasteiger partial charge in [0.05, 0.1) is 11.8 Å². The number of likely N-dealkylation sites (tertiary alicyclic amines) is 1. The van der Waals surface area contributed by atoms with E-state index in [1.807, 2.05) is 0 Å². The number of hydrogen-bond donors (Lipinski definition) is 2. The molecule has 3 unspecified atom stereocenters. The highest BCUT2D eigenvalue weighted by atomic mass is 32.2. The molecule has 1 aliphatic rings. The van der Waals surface area contributed by atoms with E-state index in [1.165, 1.54) is 0 Å². The molecule has 1 saturated heterocycles. The Balaban J connectivity index is 2.38. The maximum atomic E-state index is 11.9. The number of sulfone groups is 1. The number of amides is 1. The topological polar surface area (TPSA) is 92.5 Å². The van der Waals surface area contributed by atoms with E-state index in [0.29, 0.717) is 6.04 Å². The van der Waals surface area contributed by atoms with Crippen molar-refractivity contribution in [3.05, 3.63) is 0 Å². The molecule has 1 aliphatic heterocycles. The highest BCUT2D eigenvalue weighted by molar-refractivity contribution is 7.90. The predicted octanol–water partition coefficient (Wildman–Crippen LogP) is -0.653. The lowest BCUT2D eigenvalue weighted by Crippen LogP contribution is -2.51. The first-order chi connectivity index (χ1) is 8.69. The second kappa shape index (κ2) is 6.67. The van der Waals surface area contributed by atoms with Crippen LogP contribution in [0.1, 0.15) is 26.2 Å². The van der Waals surface area contributed by atoms with Crippen molar-refractivity contribution in [1.82, 2.24) is 10.2 Å². The highest BCUT2D eigenvalue weighted by Gasteiger charge is 2.25. The van der Waals surface area contributed by atoms with Crippen LogP contribution in [0.25, 0.3) is 0 Å². The lowest BCUT2D eigenvalue weighted by atomic mass is 9.98. The van der Waals surface area contributed by atoms with E-state index < -0.39 is 15.9 Å². The van der Waals surface area contributed by atoms with Gasteiger partial charge in [-0.15, -0.1) is 0 Å². The summed E-state index contributed by atoms with van der Waals surface area (Å²) in [7, 11) is -0.999. The average Bonchev–Trinajstić information content (AvgIpc) is 2.29. The third-order valence-corrected chi connectivity index (χ3v) is 4.67. The Bertz CT molecular complexity index is 410. The van der Waals surface area contributed by atoms with Crippen molar-refractivity contribution in [2.75, 3.05) is 25.6 Å². The summed E-state index contributed by atoms with van der Waals surface area (Å²) in [6, 6.07) is -0.168. The number of hydrogen-bond acceptors (Lipinski definition) is 5. The van der Waals surface area contributed by atoms with Gasteiger partial charge in [0.15, 0.2) is 0 Å². The molecule has 7 heteroatoms. The van der Waals surface area contributed by atoms with Crippen LogP contribution in [0, 0.1) is 0 Å². The fraction of sp³-hybridized carbons (Fsp3) is 0.917. The number of carbonyl (C=O) groups is 1. The van der Waals surface area contributed by atoms with Crippen LogP contribution in [0.2, 0.25) is 0 Å². The normalized spacial score (nSPS) is 26.9. The van der Waals surface area contributed by atoms with Crippen molar-refractivity contribution in [3.8, 4) is 0 Å². The van der Waals surface area contributed by atoms with Gasteiger partial charge in [-0.1, -0.05) is 0 Å². The van der Waals surface area contributed by atoms with Gasteiger partial charge in [-0.2, -0.15) is 0 Å². The van der Waals surface area contributed by atoms with E-state index in [9.17, 15) is 13.2 Å². The average molecular weight is 291 g/mol. The number of carbonyl (C=O) groups excluding carboxylic acids is 1. The van der Waals surface area contributed by atoms with E-state index >= 15 is 0 Å². The first kappa shape index (κ1) is 16.4. The van der Waals surface area contributed by atoms with Gasteiger partial charge in [0, 0.05) is 24.9 Å². The maximum Gasteiger partial charge on any atom is 0.237 e. The molecule has 1 amide bonds. The van der Waals surface area contributed by atoms with Gasteiger partial charge in [-0.25, -0.2) is 8.42 Å². The van der Waals surface area contributed by atoms with Crippen molar-refractivity contribution in [3.63, 3.8) is 0 Å². The molecule has 1 heterocycles. The number of nitrogens with two attached hydrogens (primary N) is 1. The standard InChI is InChI=1S/C12H25N3O3S/c1-9-8-10(4-6-15(9)2)14-12(16)11(13)5-7-19(3,17)18/h9-11H,4-8,13H2,1-3H3,(H,14,16). The quantitative estimate of drug-likeness (QED) is 0.702. The van der Waals surface area contributed by atoms with Crippen molar-refractivity contribution >= 4 is 15.7 Å². The third-order valence-electron chi connectivity index (χ3n) is 3.69. The monoisotopic (exact) mass is 291 g/mol. The van der Waals surface area contributed by atoms with Crippen molar-refractivity contribution in [1.29, 1.82) is 0 Å². The molecule has 6 nitrogen and oxygen atoms in total. The van der Waals surface area contributed by atoms with Crippen LogP contribution in [0.4, 0.5) is 0 Å². The van der Waals surface area contributed by atoms with Crippen LogP contribution in [0.5, 0.6) is 0 Å². The smallest absolute Gasteiger partial charge is 0.237 e. The molecule has 0 aromatic carbocycles. The molecule has 0 aromatic heterocycles. The minimum absolute atomic E-state index is 0.0502. The fourth-order valence-corrected chi connectivity index (χ4v) is 2.88. The molecule has 0 spiro atoms. The van der Waals surface area contributed by atoms with Gasteiger partial charge in [0.1, 0.15) is 9.84 Å². The van der Waals surface area contributed by atoms with Gasteiger partial charge < -0.3 is 16.0 Å². The Kier molecular flexibility index (Phi) is 5.76. The molecule has 0 aliphatic carbocycles. The first-order valence-corrected chi connectivity index (χ1v) is 8.69. The lowest BCUT2D eigenvalue weighted by Gasteiger charge is -2.35. The van der Waals surface area contributed by atoms with Gasteiger partial charge >= 0.3 is 0 Å². The third kappa shape index (κ3) is 5.88. The van der Waals surface area contributed by atoms with Crippen LogP contribution in [-0.4, -0.2) is 63.0 Å². The summed E-state index contributed by atoms with van der Waals surface area (Å²) < 4.78 is 22.1. The summed E-state index contributed by atoms with van der Waals surface area (Å²) in [6.45, 7) is 3.08. The molecule has 3 N–H and O–H groups in total. The van der Waals surface area contributed by atoms with Gasteiger partial charge in [-0.3, -0.25) is 4.79 Å². The summed E-state index contributed by atoms with van der Waals surface area (Å²) >= 11 is 0. The molecule has 3 atom stereocenters. The molecule has 0 bridgehead atoms. The molecular formula is C12H25N3O3S. The molecule has 19 heavy (non-hydrogen) atoms. The van der Waals surface area contributed by atoms with Crippen LogP contribution < -0.4 is 11.1 Å². The number of rotatable bonds is 5. The number of nitrogens with zero attached hydrogens (tertiary/aromatic N) is 1. The fourth-order valence-electron chi connectivity index (χ4n) is 2.20. The summed E-state index contributed by atoms with van der Waals surface area (Å²) in [5.41, 5.74) is 5.72. The van der Waals surface area contributed by atoms with E-state index in [-0.39, 0.29) is 24.1 Å². The van der Waals surface area contributed by atoms with E-state index in [1.54, 1.807) is 0 Å². The molecule has 1 fully saturated rings. The summed E-state index contributed by atoms with van der Waals surface area (Å²) in [5.74, 6) is -0.295. The van der Waals surface area contributed by atoms with Crippen LogP contribution in [0.15, 0.2) is 0 Å². The van der Waals surface area contributed by atoms with Crippen LogP contribution in [0.3, 0.4) is 0 Å². The molecule has 112 valence electrons. The Morgan fingerprint density at radius 1 is 1.53 bits per heavy atom. The van der Waals surface area contributed by atoms with Crippen molar-refractivity contribution in [2.45, 2.75) is 44.3 Å². The summed E-state index contributed by atoms with van der Waals surface area (Å²) in [5, 5.41) is 2.92. The summed E-state index contributed by atoms with van der Waals surface area (Å²) in [6.07, 6.45) is 3.13. The second-order valence-corrected chi connectivity index (χ2v) is 7.84. The Hall–Kier alpha value is -0.660. The van der Waals surface area contributed by atoms with Crippen LogP contribution in [-0.2, 0) is 14.6 Å². The minimum atomic E-state index is -3.07. The predicted molar refractivity (Wildman–Crippen MR) is 75.6 cm³/mol. The SMILES string of the molecule is CC1CC(NC(=O)C(N)CCS(C)(=O)=O)CCN1C. The van der Waals surface area contributed by atoms with E-state index in [2.05, 4.69) is 24.2 Å². The number of nitrogens with one attached hydrogen (secondary N) is 1. The van der Waals surface area contributed by atoms with E-state index in [0.717, 1.165) is 25.6 Å². The van der Waals surface area contributed by atoms with Crippen LogP contribution >= 0.6 is 0 Å². The van der Waals surface area contributed by atoms with E-state index in [4.69, 9.17) is 5.73 Å². The largest absolute Gasteiger partial charge is 0.352 e. The number of piperidine rings is 1. The highest BCUT2D eigenvalue weighted by Crippen LogP contribution is 2.15. The molecule has 1 rings (SSSR count). The Morgan fingerprint density at radius 2 is 2.16 bits per heavy atom. The van der Waals surface area contributed by atoms with Crippen molar-refractivity contribution in [2.24, 2.45) is 5.73 Å². The lowest BCUT2D eigenvalue weighted by molar-refractivity contribution is -0.123. The van der Waals surface area contributed by atoms with Gasteiger partial charge in [0.2, 0.25) is 5.91 Å².